The van der Waals surface area contributed by atoms with E-state index >= 15 is 0 Å². The summed E-state index contributed by atoms with van der Waals surface area (Å²) >= 11 is 2.05. The molecule has 178 valence electrons. The average Bonchev–Trinajstić information content (AvgIpc) is 2.83. The Morgan fingerprint density at radius 2 is 1.71 bits per heavy atom. The maximum atomic E-state index is 14.0. The second-order valence-corrected chi connectivity index (χ2v) is 8.60. The van der Waals surface area contributed by atoms with Gasteiger partial charge in [-0.15, -0.1) is 0 Å². The zero-order valence-corrected chi connectivity index (χ0v) is 20.7. The lowest BCUT2D eigenvalue weighted by molar-refractivity contribution is -0.122. The van der Waals surface area contributed by atoms with E-state index < -0.39 is 17.8 Å². The number of benzene rings is 3. The van der Waals surface area contributed by atoms with Crippen LogP contribution in [0.4, 0.5) is 14.9 Å². The SMILES string of the molecule is CCOc1cc(/C=C2\C(=O)NC(=O)N(c3ccccc3)C2=O)cc(I)c1OCc1ccccc1F. The maximum absolute atomic E-state index is 14.0. The number of hydrogen-bond donors (Lipinski definition) is 1. The van der Waals surface area contributed by atoms with Crippen molar-refractivity contribution in [3.05, 3.63) is 92.8 Å². The Hall–Kier alpha value is -3.73. The van der Waals surface area contributed by atoms with E-state index in [0.717, 1.165) is 4.90 Å². The van der Waals surface area contributed by atoms with Gasteiger partial charge >= 0.3 is 6.03 Å². The zero-order valence-electron chi connectivity index (χ0n) is 18.6. The number of ether oxygens (including phenoxy) is 2. The van der Waals surface area contributed by atoms with Gasteiger partial charge in [-0.1, -0.05) is 36.4 Å². The summed E-state index contributed by atoms with van der Waals surface area (Å²) < 4.78 is 26.2. The number of carbonyl (C=O) groups excluding carboxylic acids is 3. The first kappa shape index (κ1) is 24.4. The van der Waals surface area contributed by atoms with Gasteiger partial charge in [-0.3, -0.25) is 14.9 Å². The number of halogens is 2. The van der Waals surface area contributed by atoms with Gasteiger partial charge in [-0.05, 0) is 71.5 Å². The Morgan fingerprint density at radius 3 is 2.43 bits per heavy atom. The molecule has 3 aromatic carbocycles. The number of carbonyl (C=O) groups is 3. The predicted octanol–water partition coefficient (Wildman–Crippen LogP) is 5.07. The molecule has 0 radical (unpaired) electrons. The molecule has 35 heavy (non-hydrogen) atoms. The minimum Gasteiger partial charge on any atom is -0.490 e. The summed E-state index contributed by atoms with van der Waals surface area (Å²) in [5, 5.41) is 2.20. The van der Waals surface area contributed by atoms with Crippen LogP contribution in [0.2, 0.25) is 0 Å². The number of imide groups is 2. The summed E-state index contributed by atoms with van der Waals surface area (Å²) in [4.78, 5) is 38.9. The van der Waals surface area contributed by atoms with Crippen molar-refractivity contribution in [1.29, 1.82) is 0 Å². The minimum atomic E-state index is -0.815. The van der Waals surface area contributed by atoms with Crippen LogP contribution < -0.4 is 19.7 Å². The van der Waals surface area contributed by atoms with Crippen LogP contribution in [-0.4, -0.2) is 24.5 Å². The molecule has 1 aliphatic rings. The zero-order chi connectivity index (χ0) is 24.9. The first-order chi connectivity index (χ1) is 16.9. The summed E-state index contributed by atoms with van der Waals surface area (Å²) in [5.41, 5.74) is 1.03. The van der Waals surface area contributed by atoms with Crippen molar-refractivity contribution >= 4 is 52.2 Å². The number of nitrogens with zero attached hydrogens (tertiary/aromatic N) is 1. The van der Waals surface area contributed by atoms with Gasteiger partial charge in [0.25, 0.3) is 11.8 Å². The van der Waals surface area contributed by atoms with Crippen LogP contribution >= 0.6 is 22.6 Å². The number of nitrogens with one attached hydrogen (secondary N) is 1. The number of anilines is 1. The number of rotatable bonds is 7. The lowest BCUT2D eigenvalue weighted by Crippen LogP contribution is -2.54. The van der Waals surface area contributed by atoms with E-state index in [1.807, 2.05) is 22.6 Å². The third kappa shape index (κ3) is 5.35. The normalized spacial score (nSPS) is 14.8. The first-order valence-electron chi connectivity index (χ1n) is 10.7. The van der Waals surface area contributed by atoms with E-state index in [0.29, 0.717) is 38.5 Å². The number of amides is 4. The molecule has 4 rings (SSSR count). The highest BCUT2D eigenvalue weighted by Gasteiger charge is 2.36. The molecule has 1 saturated heterocycles. The highest BCUT2D eigenvalue weighted by molar-refractivity contribution is 14.1. The number of hydrogen-bond acceptors (Lipinski definition) is 5. The van der Waals surface area contributed by atoms with E-state index in [9.17, 15) is 18.8 Å². The second kappa shape index (κ2) is 10.7. The van der Waals surface area contributed by atoms with Crippen molar-refractivity contribution in [2.45, 2.75) is 13.5 Å². The molecule has 4 amide bonds. The summed E-state index contributed by atoms with van der Waals surface area (Å²) in [6, 6.07) is 17.2. The fraction of sp³-hybridized carbons (Fsp3) is 0.115. The van der Waals surface area contributed by atoms with Crippen LogP contribution in [0.15, 0.2) is 72.3 Å². The number of para-hydroxylation sites is 1. The largest absolute Gasteiger partial charge is 0.490 e. The minimum absolute atomic E-state index is 0.00176. The molecule has 3 aromatic rings. The van der Waals surface area contributed by atoms with Crippen molar-refractivity contribution in [3.8, 4) is 11.5 Å². The second-order valence-electron chi connectivity index (χ2n) is 7.44. The highest BCUT2D eigenvalue weighted by atomic mass is 127. The summed E-state index contributed by atoms with van der Waals surface area (Å²) in [7, 11) is 0. The van der Waals surface area contributed by atoms with E-state index in [1.54, 1.807) is 67.6 Å². The Bertz CT molecular complexity index is 1330. The van der Waals surface area contributed by atoms with Gasteiger partial charge in [0.05, 0.1) is 15.9 Å². The maximum Gasteiger partial charge on any atom is 0.335 e. The van der Waals surface area contributed by atoms with E-state index in [4.69, 9.17) is 9.47 Å². The van der Waals surface area contributed by atoms with Crippen LogP contribution in [0.5, 0.6) is 11.5 Å². The topological polar surface area (TPSA) is 84.9 Å². The van der Waals surface area contributed by atoms with Gasteiger partial charge in [-0.2, -0.15) is 0 Å². The molecular formula is C26H20FIN2O5. The molecule has 1 aliphatic heterocycles. The highest BCUT2D eigenvalue weighted by Crippen LogP contribution is 2.36. The molecule has 0 spiro atoms. The first-order valence-corrected chi connectivity index (χ1v) is 11.8. The van der Waals surface area contributed by atoms with Crippen molar-refractivity contribution < 1.29 is 28.2 Å². The number of barbiturate groups is 1. The molecule has 0 aromatic heterocycles. The Kier molecular flexibility index (Phi) is 7.45. The van der Waals surface area contributed by atoms with E-state index in [1.165, 1.54) is 12.1 Å². The third-order valence-corrected chi connectivity index (χ3v) is 5.89. The van der Waals surface area contributed by atoms with Crippen LogP contribution in [0.1, 0.15) is 18.1 Å². The molecule has 9 heteroatoms. The molecule has 0 atom stereocenters. The van der Waals surface area contributed by atoms with Gasteiger partial charge < -0.3 is 9.47 Å². The van der Waals surface area contributed by atoms with Crippen LogP contribution in [0.3, 0.4) is 0 Å². The Morgan fingerprint density at radius 1 is 1.00 bits per heavy atom. The monoisotopic (exact) mass is 586 g/mol. The molecule has 0 aliphatic carbocycles. The quantitative estimate of drug-likeness (QED) is 0.238. The third-order valence-electron chi connectivity index (χ3n) is 5.09. The average molecular weight is 586 g/mol. The van der Waals surface area contributed by atoms with Crippen molar-refractivity contribution in [3.63, 3.8) is 0 Å². The molecular weight excluding hydrogens is 566 g/mol. The molecule has 0 saturated carbocycles. The molecule has 7 nitrogen and oxygen atoms in total. The lowest BCUT2D eigenvalue weighted by Gasteiger charge is -2.26. The molecule has 1 N–H and O–H groups in total. The van der Waals surface area contributed by atoms with Crippen molar-refractivity contribution in [2.24, 2.45) is 0 Å². The summed E-state index contributed by atoms with van der Waals surface area (Å²) in [5.74, 6) is -1.11. The predicted molar refractivity (Wildman–Crippen MR) is 137 cm³/mol. The number of urea groups is 1. The molecule has 0 unspecified atom stereocenters. The van der Waals surface area contributed by atoms with Crippen molar-refractivity contribution in [1.82, 2.24) is 5.32 Å². The standard InChI is InChI=1S/C26H20FIN2O5/c1-2-34-22-14-16(13-21(28)23(22)35-15-17-8-6-7-11-20(17)27)12-19-24(31)29-26(33)30(25(19)32)18-9-4-3-5-10-18/h3-14H,2,15H2,1H3,(H,29,31,33)/b19-12+. The van der Waals surface area contributed by atoms with Gasteiger partial charge in [-0.25, -0.2) is 14.1 Å². The van der Waals surface area contributed by atoms with Crippen LogP contribution in [0.25, 0.3) is 6.08 Å². The summed E-state index contributed by atoms with van der Waals surface area (Å²) in [6.07, 6.45) is 1.39. The molecule has 1 heterocycles. The lowest BCUT2D eigenvalue weighted by atomic mass is 10.1. The molecule has 0 bridgehead atoms. The van der Waals surface area contributed by atoms with E-state index in [2.05, 4.69) is 5.32 Å². The van der Waals surface area contributed by atoms with Gasteiger partial charge in [0, 0.05) is 5.56 Å². The fourth-order valence-corrected chi connectivity index (χ4v) is 4.26. The van der Waals surface area contributed by atoms with Gasteiger partial charge in [0.15, 0.2) is 11.5 Å². The Labute approximate surface area is 214 Å². The molecule has 1 fully saturated rings. The van der Waals surface area contributed by atoms with Crippen LogP contribution in [-0.2, 0) is 16.2 Å². The van der Waals surface area contributed by atoms with Crippen molar-refractivity contribution in [2.75, 3.05) is 11.5 Å². The van der Waals surface area contributed by atoms with Crippen LogP contribution in [0, 0.1) is 9.39 Å². The van der Waals surface area contributed by atoms with Gasteiger partial charge in [0.2, 0.25) is 0 Å². The smallest absolute Gasteiger partial charge is 0.335 e. The fourth-order valence-electron chi connectivity index (χ4n) is 3.48. The Balaban J connectivity index is 1.66. The van der Waals surface area contributed by atoms with E-state index in [-0.39, 0.29) is 18.0 Å². The summed E-state index contributed by atoms with van der Waals surface area (Å²) in [6.45, 7) is 2.14. The van der Waals surface area contributed by atoms with Gasteiger partial charge in [0.1, 0.15) is 18.0 Å².